The number of carbonyl (C=O) groups excluding carboxylic acids is 1. The number of nitrogens with two attached hydrogens (primary N) is 1. The van der Waals surface area contributed by atoms with Gasteiger partial charge < -0.3 is 20.1 Å². The van der Waals surface area contributed by atoms with E-state index in [-0.39, 0.29) is 23.7 Å². The van der Waals surface area contributed by atoms with Crippen LogP contribution in [0.2, 0.25) is 0 Å². The zero-order valence-electron chi connectivity index (χ0n) is 12.4. The van der Waals surface area contributed by atoms with Crippen molar-refractivity contribution in [3.63, 3.8) is 0 Å². The van der Waals surface area contributed by atoms with E-state index in [0.29, 0.717) is 19.7 Å². The van der Waals surface area contributed by atoms with Crippen LogP contribution in [-0.2, 0) is 9.47 Å². The van der Waals surface area contributed by atoms with Crippen LogP contribution in [0.1, 0.15) is 40.5 Å². The van der Waals surface area contributed by atoms with Gasteiger partial charge in [-0.2, -0.15) is 0 Å². The van der Waals surface area contributed by atoms with Gasteiger partial charge in [0.05, 0.1) is 6.10 Å². The number of rotatable bonds is 2. The molecule has 19 heavy (non-hydrogen) atoms. The first kappa shape index (κ1) is 14.6. The Bertz CT molecular complexity index is 351. The molecule has 0 bridgehead atoms. The lowest BCUT2D eigenvalue weighted by molar-refractivity contribution is -0.116. The Labute approximate surface area is 115 Å². The van der Waals surface area contributed by atoms with Crippen molar-refractivity contribution in [1.82, 2.24) is 4.90 Å². The molecule has 0 unspecified atom stereocenters. The maximum Gasteiger partial charge on any atom is 0.410 e. The van der Waals surface area contributed by atoms with Crippen molar-refractivity contribution in [2.45, 2.75) is 58.3 Å². The molecule has 3 atom stereocenters. The van der Waals surface area contributed by atoms with E-state index in [2.05, 4.69) is 0 Å². The summed E-state index contributed by atoms with van der Waals surface area (Å²) in [7, 11) is 0. The van der Waals surface area contributed by atoms with Gasteiger partial charge in [0.15, 0.2) is 0 Å². The van der Waals surface area contributed by atoms with E-state index in [1.165, 1.54) is 0 Å². The summed E-state index contributed by atoms with van der Waals surface area (Å²) < 4.78 is 11.2. The Hall–Kier alpha value is -0.810. The van der Waals surface area contributed by atoms with Crippen molar-refractivity contribution in [3.05, 3.63) is 0 Å². The number of likely N-dealkylation sites (tertiary alicyclic amines) is 1. The van der Waals surface area contributed by atoms with Crippen LogP contribution in [0.3, 0.4) is 0 Å². The van der Waals surface area contributed by atoms with E-state index in [1.54, 1.807) is 4.90 Å². The summed E-state index contributed by atoms with van der Waals surface area (Å²) in [6, 6.07) is 0.136. The monoisotopic (exact) mass is 270 g/mol. The van der Waals surface area contributed by atoms with Crippen LogP contribution in [0.5, 0.6) is 0 Å². The summed E-state index contributed by atoms with van der Waals surface area (Å²) in [6.07, 6.45) is 1.77. The van der Waals surface area contributed by atoms with Crippen LogP contribution in [0, 0.1) is 5.41 Å². The molecule has 2 N–H and O–H groups in total. The molecule has 0 aromatic heterocycles. The van der Waals surface area contributed by atoms with Crippen LogP contribution in [0.25, 0.3) is 0 Å². The molecular formula is C14H26N2O3. The molecule has 2 fully saturated rings. The Morgan fingerprint density at radius 3 is 2.68 bits per heavy atom. The van der Waals surface area contributed by atoms with E-state index >= 15 is 0 Å². The highest BCUT2D eigenvalue weighted by molar-refractivity contribution is 5.68. The molecule has 0 radical (unpaired) electrons. The van der Waals surface area contributed by atoms with Crippen molar-refractivity contribution >= 4 is 6.09 Å². The van der Waals surface area contributed by atoms with Crippen molar-refractivity contribution in [2.24, 2.45) is 11.1 Å². The molecule has 110 valence electrons. The SMILES string of the molecule is CCO[C@H]1C[C@H](N)[C@@]12CCN(C(=O)OC(C)(C)C)C2. The maximum atomic E-state index is 12.1. The van der Waals surface area contributed by atoms with E-state index in [0.717, 1.165) is 12.8 Å². The molecule has 0 aromatic carbocycles. The lowest BCUT2D eigenvalue weighted by atomic mass is 9.61. The molecule has 1 amide bonds. The number of carbonyl (C=O) groups is 1. The Morgan fingerprint density at radius 2 is 2.16 bits per heavy atom. The van der Waals surface area contributed by atoms with Gasteiger partial charge in [0.25, 0.3) is 0 Å². The van der Waals surface area contributed by atoms with Gasteiger partial charge in [-0.15, -0.1) is 0 Å². The van der Waals surface area contributed by atoms with Gasteiger partial charge in [-0.25, -0.2) is 4.79 Å². The van der Waals surface area contributed by atoms with Gasteiger partial charge in [0.1, 0.15) is 5.60 Å². The predicted octanol–water partition coefficient (Wildman–Crippen LogP) is 1.75. The van der Waals surface area contributed by atoms with Gasteiger partial charge in [-0.1, -0.05) is 0 Å². The first-order valence-electron chi connectivity index (χ1n) is 7.13. The quantitative estimate of drug-likeness (QED) is 0.830. The second-order valence-electron chi connectivity index (χ2n) is 6.67. The number of nitrogens with zero attached hydrogens (tertiary/aromatic N) is 1. The number of ether oxygens (including phenoxy) is 2. The Balaban J connectivity index is 1.97. The number of amides is 1. The van der Waals surface area contributed by atoms with Gasteiger partial charge in [-0.3, -0.25) is 0 Å². The van der Waals surface area contributed by atoms with Crippen molar-refractivity contribution in [2.75, 3.05) is 19.7 Å². The molecule has 0 aromatic rings. The summed E-state index contributed by atoms with van der Waals surface area (Å²) in [5.74, 6) is 0. The van der Waals surface area contributed by atoms with E-state index in [4.69, 9.17) is 15.2 Å². The van der Waals surface area contributed by atoms with Crippen LogP contribution in [0.15, 0.2) is 0 Å². The average Bonchev–Trinajstić information content (AvgIpc) is 2.74. The fraction of sp³-hybridized carbons (Fsp3) is 0.929. The Morgan fingerprint density at radius 1 is 1.47 bits per heavy atom. The second kappa shape index (κ2) is 4.94. The third kappa shape index (κ3) is 2.72. The predicted molar refractivity (Wildman–Crippen MR) is 72.9 cm³/mol. The van der Waals surface area contributed by atoms with Gasteiger partial charge in [0.2, 0.25) is 0 Å². The minimum absolute atomic E-state index is 0.0487. The first-order valence-corrected chi connectivity index (χ1v) is 7.13. The molecule has 1 saturated heterocycles. The fourth-order valence-corrected chi connectivity index (χ4v) is 3.12. The summed E-state index contributed by atoms with van der Waals surface area (Å²) in [6.45, 7) is 9.72. The van der Waals surface area contributed by atoms with Crippen molar-refractivity contribution < 1.29 is 14.3 Å². The molecule has 1 aliphatic heterocycles. The van der Waals surface area contributed by atoms with E-state index in [1.807, 2.05) is 27.7 Å². The van der Waals surface area contributed by atoms with E-state index in [9.17, 15) is 4.79 Å². The highest BCUT2D eigenvalue weighted by atomic mass is 16.6. The molecule has 1 spiro atoms. The summed E-state index contributed by atoms with van der Waals surface area (Å²) in [5.41, 5.74) is 5.67. The lowest BCUT2D eigenvalue weighted by Gasteiger charge is -2.51. The average molecular weight is 270 g/mol. The first-order chi connectivity index (χ1) is 8.78. The molecule has 5 nitrogen and oxygen atoms in total. The fourth-order valence-electron chi connectivity index (χ4n) is 3.12. The summed E-state index contributed by atoms with van der Waals surface area (Å²) in [5, 5.41) is 0. The highest BCUT2D eigenvalue weighted by Gasteiger charge is 2.58. The molecule has 1 aliphatic carbocycles. The normalized spacial score (nSPS) is 34.5. The van der Waals surface area contributed by atoms with Gasteiger partial charge in [0, 0.05) is 31.2 Å². The lowest BCUT2D eigenvalue weighted by Crippen LogP contribution is -2.63. The minimum atomic E-state index is -0.451. The Kier molecular flexibility index (Phi) is 3.80. The van der Waals surface area contributed by atoms with Gasteiger partial charge >= 0.3 is 6.09 Å². The second-order valence-corrected chi connectivity index (χ2v) is 6.67. The van der Waals surface area contributed by atoms with Crippen LogP contribution >= 0.6 is 0 Å². The summed E-state index contributed by atoms with van der Waals surface area (Å²) >= 11 is 0. The van der Waals surface area contributed by atoms with Crippen molar-refractivity contribution in [1.29, 1.82) is 0 Å². The van der Waals surface area contributed by atoms with Crippen LogP contribution < -0.4 is 5.73 Å². The third-order valence-corrected chi connectivity index (χ3v) is 4.20. The zero-order chi connectivity index (χ0) is 14.3. The standard InChI is InChI=1S/C14H26N2O3/c1-5-18-11-8-10(15)14(11)6-7-16(9-14)12(17)19-13(2,3)4/h10-11H,5-9,15H2,1-4H3/t10-,11-,14-/m0/s1. The largest absolute Gasteiger partial charge is 0.444 e. The molecule has 1 saturated carbocycles. The third-order valence-electron chi connectivity index (χ3n) is 4.20. The smallest absolute Gasteiger partial charge is 0.410 e. The molecule has 1 heterocycles. The van der Waals surface area contributed by atoms with Gasteiger partial charge in [-0.05, 0) is 40.5 Å². The number of hydrogen-bond acceptors (Lipinski definition) is 4. The summed E-state index contributed by atoms with van der Waals surface area (Å²) in [4.78, 5) is 13.9. The van der Waals surface area contributed by atoms with Crippen molar-refractivity contribution in [3.8, 4) is 0 Å². The number of hydrogen-bond donors (Lipinski definition) is 1. The maximum absolute atomic E-state index is 12.1. The topological polar surface area (TPSA) is 64.8 Å². The molecule has 2 aliphatic rings. The molecule has 5 heteroatoms. The van der Waals surface area contributed by atoms with Crippen LogP contribution in [0.4, 0.5) is 4.79 Å². The zero-order valence-corrected chi connectivity index (χ0v) is 12.4. The van der Waals surface area contributed by atoms with Crippen LogP contribution in [-0.4, -0.2) is 48.4 Å². The molecule has 2 rings (SSSR count). The minimum Gasteiger partial charge on any atom is -0.444 e. The molecular weight excluding hydrogens is 244 g/mol. The van der Waals surface area contributed by atoms with E-state index < -0.39 is 5.60 Å². The highest BCUT2D eigenvalue weighted by Crippen LogP contribution is 2.49.